The van der Waals surface area contributed by atoms with Crippen LogP contribution in [0.1, 0.15) is 11.1 Å². The van der Waals surface area contributed by atoms with Crippen molar-refractivity contribution in [1.82, 2.24) is 0 Å². The van der Waals surface area contributed by atoms with Crippen molar-refractivity contribution < 1.29 is 9.53 Å². The molecule has 0 heterocycles. The zero-order valence-corrected chi connectivity index (χ0v) is 11.5. The summed E-state index contributed by atoms with van der Waals surface area (Å²) in [5, 5.41) is 0.535. The second-order valence-corrected chi connectivity index (χ2v) is 4.83. The van der Waals surface area contributed by atoms with Crippen molar-refractivity contribution in [1.29, 1.82) is 0 Å². The van der Waals surface area contributed by atoms with Gasteiger partial charge in [-0.25, -0.2) is 0 Å². The molecular weight excluding hydrogens is 260 g/mol. The van der Waals surface area contributed by atoms with Gasteiger partial charge in [0, 0.05) is 6.42 Å². The molecule has 0 N–H and O–H groups in total. The fourth-order valence-corrected chi connectivity index (χ4v) is 2.05. The molecule has 0 aliphatic rings. The summed E-state index contributed by atoms with van der Waals surface area (Å²) in [6.45, 7) is 1.99. The number of carbonyl (C=O) groups is 1. The Kier molecular flexibility index (Phi) is 4.58. The predicted octanol–water partition coefficient (Wildman–Crippen LogP) is 3.84. The van der Waals surface area contributed by atoms with E-state index in [9.17, 15) is 4.79 Å². The Balaban J connectivity index is 1.90. The van der Waals surface area contributed by atoms with Gasteiger partial charge in [-0.1, -0.05) is 48.0 Å². The number of ketones is 1. The fourth-order valence-electron chi connectivity index (χ4n) is 1.76. The normalized spacial score (nSPS) is 10.2. The molecule has 0 unspecified atom stereocenters. The van der Waals surface area contributed by atoms with Gasteiger partial charge in [-0.15, -0.1) is 0 Å². The van der Waals surface area contributed by atoms with Crippen LogP contribution in [-0.4, -0.2) is 12.4 Å². The number of Topliss-reactive ketones (excluding diaryl/α,β-unsaturated/α-hetero) is 1. The summed E-state index contributed by atoms with van der Waals surface area (Å²) in [6, 6.07) is 15.1. The lowest BCUT2D eigenvalue weighted by Crippen LogP contribution is -2.13. The molecule has 19 heavy (non-hydrogen) atoms. The maximum atomic E-state index is 11.8. The second kappa shape index (κ2) is 6.39. The van der Waals surface area contributed by atoms with Crippen LogP contribution in [0.5, 0.6) is 5.75 Å². The average molecular weight is 275 g/mol. The van der Waals surface area contributed by atoms with Crippen LogP contribution in [0.4, 0.5) is 0 Å². The van der Waals surface area contributed by atoms with E-state index in [1.165, 1.54) is 0 Å². The van der Waals surface area contributed by atoms with Crippen molar-refractivity contribution in [2.24, 2.45) is 0 Å². The van der Waals surface area contributed by atoms with E-state index in [1.54, 1.807) is 6.07 Å². The van der Waals surface area contributed by atoms with E-state index in [0.29, 0.717) is 17.2 Å². The predicted molar refractivity (Wildman–Crippen MR) is 76.8 cm³/mol. The molecule has 0 amide bonds. The number of hydrogen-bond donors (Lipinski definition) is 0. The van der Waals surface area contributed by atoms with Gasteiger partial charge in [-0.3, -0.25) is 4.79 Å². The van der Waals surface area contributed by atoms with Gasteiger partial charge in [0.2, 0.25) is 0 Å². The van der Waals surface area contributed by atoms with Crippen LogP contribution in [0.25, 0.3) is 0 Å². The SMILES string of the molecule is Cc1ccc(OCC(=O)Cc2ccccc2)c(Cl)c1. The first kappa shape index (κ1) is 13.6. The number of ether oxygens (including phenoxy) is 1. The minimum atomic E-state index is 0.0304. The molecule has 0 spiro atoms. The summed E-state index contributed by atoms with van der Waals surface area (Å²) in [6.07, 6.45) is 0.379. The monoisotopic (exact) mass is 274 g/mol. The number of rotatable bonds is 5. The van der Waals surface area contributed by atoms with E-state index in [1.807, 2.05) is 49.4 Å². The van der Waals surface area contributed by atoms with E-state index < -0.39 is 0 Å². The Morgan fingerprint density at radius 2 is 1.89 bits per heavy atom. The molecular formula is C16H15ClO2. The lowest BCUT2D eigenvalue weighted by molar-refractivity contribution is -0.120. The minimum Gasteiger partial charge on any atom is -0.484 e. The van der Waals surface area contributed by atoms with Crippen LogP contribution in [0, 0.1) is 6.92 Å². The minimum absolute atomic E-state index is 0.0304. The summed E-state index contributed by atoms with van der Waals surface area (Å²) >= 11 is 6.04. The first-order valence-electron chi connectivity index (χ1n) is 6.10. The van der Waals surface area contributed by atoms with E-state index in [0.717, 1.165) is 11.1 Å². The van der Waals surface area contributed by atoms with Crippen LogP contribution < -0.4 is 4.74 Å². The quantitative estimate of drug-likeness (QED) is 0.828. The first-order chi connectivity index (χ1) is 9.15. The van der Waals surface area contributed by atoms with Crippen LogP contribution in [0.3, 0.4) is 0 Å². The van der Waals surface area contributed by atoms with Gasteiger partial charge in [-0.2, -0.15) is 0 Å². The Bertz CT molecular complexity index is 564. The fraction of sp³-hybridized carbons (Fsp3) is 0.188. The largest absolute Gasteiger partial charge is 0.484 e. The van der Waals surface area contributed by atoms with E-state index in [4.69, 9.17) is 16.3 Å². The van der Waals surface area contributed by atoms with Crippen LogP contribution in [0.2, 0.25) is 5.02 Å². The number of benzene rings is 2. The third-order valence-corrected chi connectivity index (χ3v) is 3.02. The zero-order valence-electron chi connectivity index (χ0n) is 10.7. The smallest absolute Gasteiger partial charge is 0.174 e. The van der Waals surface area contributed by atoms with Gasteiger partial charge >= 0.3 is 0 Å². The lowest BCUT2D eigenvalue weighted by atomic mass is 10.1. The van der Waals surface area contributed by atoms with Gasteiger partial charge in [-0.05, 0) is 30.2 Å². The molecule has 0 fully saturated rings. The topological polar surface area (TPSA) is 26.3 Å². The maximum Gasteiger partial charge on any atom is 0.174 e. The molecule has 0 atom stereocenters. The highest BCUT2D eigenvalue weighted by molar-refractivity contribution is 6.32. The summed E-state index contributed by atoms with van der Waals surface area (Å²) in [5.41, 5.74) is 2.05. The van der Waals surface area contributed by atoms with Crippen molar-refractivity contribution in [2.45, 2.75) is 13.3 Å². The first-order valence-corrected chi connectivity index (χ1v) is 6.47. The number of carbonyl (C=O) groups excluding carboxylic acids is 1. The molecule has 0 aromatic heterocycles. The summed E-state index contributed by atoms with van der Waals surface area (Å²) in [4.78, 5) is 11.8. The third-order valence-electron chi connectivity index (χ3n) is 2.72. The molecule has 0 saturated carbocycles. The Hall–Kier alpha value is -1.80. The maximum absolute atomic E-state index is 11.8. The van der Waals surface area contributed by atoms with Crippen LogP contribution >= 0.6 is 11.6 Å². The number of halogens is 1. The van der Waals surface area contributed by atoms with Gasteiger partial charge in [0.25, 0.3) is 0 Å². The molecule has 0 aliphatic carbocycles. The Labute approximate surface area is 118 Å². The molecule has 0 bridgehead atoms. The standard InChI is InChI=1S/C16H15ClO2/c1-12-7-8-16(15(17)9-12)19-11-14(18)10-13-5-3-2-4-6-13/h2-9H,10-11H2,1H3. The van der Waals surface area contributed by atoms with Crippen molar-refractivity contribution in [2.75, 3.05) is 6.61 Å². The molecule has 0 saturated heterocycles. The Morgan fingerprint density at radius 3 is 2.58 bits per heavy atom. The third kappa shape index (κ3) is 4.11. The Morgan fingerprint density at radius 1 is 1.16 bits per heavy atom. The molecule has 2 aromatic rings. The highest BCUT2D eigenvalue weighted by Gasteiger charge is 2.07. The molecule has 0 aliphatic heterocycles. The van der Waals surface area contributed by atoms with E-state index >= 15 is 0 Å². The summed E-state index contributed by atoms with van der Waals surface area (Å²) < 4.78 is 5.44. The highest BCUT2D eigenvalue weighted by Crippen LogP contribution is 2.25. The second-order valence-electron chi connectivity index (χ2n) is 4.42. The lowest BCUT2D eigenvalue weighted by Gasteiger charge is -2.08. The van der Waals surface area contributed by atoms with Gasteiger partial charge < -0.3 is 4.74 Å². The van der Waals surface area contributed by atoms with Crippen LogP contribution in [-0.2, 0) is 11.2 Å². The van der Waals surface area contributed by atoms with Crippen molar-refractivity contribution >= 4 is 17.4 Å². The van der Waals surface area contributed by atoms with Crippen molar-refractivity contribution in [3.05, 3.63) is 64.7 Å². The molecule has 3 heteroatoms. The summed E-state index contributed by atoms with van der Waals surface area (Å²) in [5.74, 6) is 0.580. The van der Waals surface area contributed by atoms with Gasteiger partial charge in [0.05, 0.1) is 5.02 Å². The van der Waals surface area contributed by atoms with Crippen molar-refractivity contribution in [3.63, 3.8) is 0 Å². The van der Waals surface area contributed by atoms with Crippen molar-refractivity contribution in [3.8, 4) is 5.75 Å². The highest BCUT2D eigenvalue weighted by atomic mass is 35.5. The van der Waals surface area contributed by atoms with E-state index in [2.05, 4.69) is 0 Å². The van der Waals surface area contributed by atoms with Crippen LogP contribution in [0.15, 0.2) is 48.5 Å². The summed E-state index contributed by atoms with van der Waals surface area (Å²) in [7, 11) is 0. The molecule has 0 radical (unpaired) electrons. The average Bonchev–Trinajstić information content (AvgIpc) is 2.39. The molecule has 2 rings (SSSR count). The van der Waals surface area contributed by atoms with E-state index in [-0.39, 0.29) is 12.4 Å². The molecule has 2 nitrogen and oxygen atoms in total. The van der Waals surface area contributed by atoms with Gasteiger partial charge in [0.15, 0.2) is 5.78 Å². The molecule has 2 aromatic carbocycles. The zero-order chi connectivity index (χ0) is 13.7. The molecule has 98 valence electrons. The van der Waals surface area contributed by atoms with Gasteiger partial charge in [0.1, 0.15) is 12.4 Å². The number of hydrogen-bond acceptors (Lipinski definition) is 2. The number of aryl methyl sites for hydroxylation is 1.